The van der Waals surface area contributed by atoms with Gasteiger partial charge < -0.3 is 15.0 Å². The van der Waals surface area contributed by atoms with E-state index < -0.39 is 0 Å². The molecule has 3 aromatic carbocycles. The molecule has 0 radical (unpaired) electrons. The van der Waals surface area contributed by atoms with Gasteiger partial charge in [-0.25, -0.2) is 0 Å². The number of morpholine rings is 1. The molecule has 1 amide bonds. The molecule has 1 fully saturated rings. The van der Waals surface area contributed by atoms with Crippen LogP contribution in [0.4, 0.5) is 5.69 Å². The molecule has 32 heavy (non-hydrogen) atoms. The highest BCUT2D eigenvalue weighted by molar-refractivity contribution is 6.07. The number of aryl methyl sites for hydroxylation is 1. The number of carbonyl (C=O) groups is 1. The van der Waals surface area contributed by atoms with Crippen LogP contribution in [-0.4, -0.2) is 57.2 Å². The Morgan fingerprint density at radius 3 is 2.72 bits per heavy atom. The van der Waals surface area contributed by atoms with Crippen LogP contribution in [-0.2, 0) is 11.2 Å². The number of nitrogens with one attached hydrogen (secondary N) is 1. The number of ether oxygens (including phenoxy) is 1. The topological polar surface area (TPSA) is 44.8 Å². The van der Waals surface area contributed by atoms with Crippen LogP contribution in [0.3, 0.4) is 0 Å². The molecule has 1 saturated heterocycles. The number of carbonyl (C=O) groups excluding carboxylic acids is 1. The molecular weight excluding hydrogens is 398 g/mol. The molecule has 2 heterocycles. The summed E-state index contributed by atoms with van der Waals surface area (Å²) >= 11 is 0. The molecule has 0 aliphatic carbocycles. The van der Waals surface area contributed by atoms with Crippen molar-refractivity contribution in [3.63, 3.8) is 0 Å². The molecule has 5 nitrogen and oxygen atoms in total. The maximum atomic E-state index is 13.2. The fourth-order valence-electron chi connectivity index (χ4n) is 5.07. The van der Waals surface area contributed by atoms with Crippen LogP contribution in [0.1, 0.15) is 33.9 Å². The summed E-state index contributed by atoms with van der Waals surface area (Å²) < 4.78 is 5.60. The van der Waals surface area contributed by atoms with Gasteiger partial charge in [0.2, 0.25) is 0 Å². The van der Waals surface area contributed by atoms with Gasteiger partial charge in [-0.15, -0.1) is 0 Å². The van der Waals surface area contributed by atoms with Crippen molar-refractivity contribution in [2.75, 3.05) is 51.3 Å². The maximum Gasteiger partial charge on any atom is 0.251 e. The summed E-state index contributed by atoms with van der Waals surface area (Å²) in [6, 6.07) is 21.0. The van der Waals surface area contributed by atoms with E-state index in [0.29, 0.717) is 6.54 Å². The Balaban J connectivity index is 1.40. The predicted octanol–water partition coefficient (Wildman–Crippen LogP) is 4.03. The van der Waals surface area contributed by atoms with Crippen LogP contribution in [0, 0.1) is 0 Å². The molecule has 2 aliphatic rings. The number of amides is 1. The van der Waals surface area contributed by atoms with Gasteiger partial charge in [-0.2, -0.15) is 0 Å². The van der Waals surface area contributed by atoms with Gasteiger partial charge in [0.05, 0.1) is 19.3 Å². The maximum absolute atomic E-state index is 13.2. The summed E-state index contributed by atoms with van der Waals surface area (Å²) in [6.45, 7) is 4.93. The fraction of sp³-hybridized carbons (Fsp3) is 0.370. The lowest BCUT2D eigenvalue weighted by Gasteiger charge is -2.36. The quantitative estimate of drug-likeness (QED) is 0.665. The first-order chi connectivity index (χ1) is 15.7. The van der Waals surface area contributed by atoms with Crippen LogP contribution >= 0.6 is 0 Å². The van der Waals surface area contributed by atoms with Crippen molar-refractivity contribution in [1.82, 2.24) is 10.2 Å². The van der Waals surface area contributed by atoms with Crippen LogP contribution in [0.25, 0.3) is 10.8 Å². The average molecular weight is 430 g/mol. The van der Waals surface area contributed by atoms with Gasteiger partial charge in [0.25, 0.3) is 5.91 Å². The molecule has 5 rings (SSSR count). The molecular formula is C27H31N3O2. The Labute approximate surface area is 190 Å². The Hall–Kier alpha value is -2.89. The number of nitrogens with zero attached hydrogens (tertiary/aromatic N) is 2. The monoisotopic (exact) mass is 429 g/mol. The summed E-state index contributed by atoms with van der Waals surface area (Å²) in [5.41, 5.74) is 4.76. The van der Waals surface area contributed by atoms with Gasteiger partial charge in [-0.1, -0.05) is 48.5 Å². The normalized spacial score (nSPS) is 17.7. The summed E-state index contributed by atoms with van der Waals surface area (Å²) in [7, 11) is 2.17. The highest BCUT2D eigenvalue weighted by atomic mass is 16.5. The minimum atomic E-state index is -0.0160. The first-order valence-corrected chi connectivity index (χ1v) is 11.6. The molecule has 0 saturated carbocycles. The predicted molar refractivity (Wildman–Crippen MR) is 129 cm³/mol. The second kappa shape index (κ2) is 9.31. The molecule has 0 unspecified atom stereocenters. The van der Waals surface area contributed by atoms with E-state index in [2.05, 4.69) is 40.4 Å². The van der Waals surface area contributed by atoms with Crippen molar-refractivity contribution in [1.29, 1.82) is 0 Å². The number of anilines is 1. The summed E-state index contributed by atoms with van der Waals surface area (Å²) in [6.07, 6.45) is 2.30. The molecule has 2 aliphatic heterocycles. The Morgan fingerprint density at radius 1 is 1.03 bits per heavy atom. The molecule has 0 aromatic heterocycles. The van der Waals surface area contributed by atoms with Crippen LogP contribution in [0.15, 0.2) is 60.7 Å². The third kappa shape index (κ3) is 4.23. The second-order valence-corrected chi connectivity index (χ2v) is 8.81. The lowest BCUT2D eigenvalue weighted by molar-refractivity contribution is 0.0162. The van der Waals surface area contributed by atoms with Gasteiger partial charge in [-0.3, -0.25) is 9.69 Å². The van der Waals surface area contributed by atoms with Gasteiger partial charge in [-0.05, 0) is 46.9 Å². The minimum absolute atomic E-state index is 0.0160. The van der Waals surface area contributed by atoms with E-state index >= 15 is 0 Å². The van der Waals surface area contributed by atoms with Gasteiger partial charge in [0.15, 0.2) is 0 Å². The van der Waals surface area contributed by atoms with E-state index in [0.717, 1.165) is 55.6 Å². The lowest BCUT2D eigenvalue weighted by Crippen LogP contribution is -2.44. The smallest absolute Gasteiger partial charge is 0.251 e. The Bertz CT molecular complexity index is 1100. The van der Waals surface area contributed by atoms with E-state index in [9.17, 15) is 4.79 Å². The van der Waals surface area contributed by atoms with Crippen molar-refractivity contribution < 1.29 is 9.53 Å². The third-order valence-electron chi connectivity index (χ3n) is 6.82. The molecule has 5 heteroatoms. The van der Waals surface area contributed by atoms with Gasteiger partial charge in [0, 0.05) is 44.5 Å². The van der Waals surface area contributed by atoms with E-state index in [-0.39, 0.29) is 11.9 Å². The number of hydrogen-bond acceptors (Lipinski definition) is 4. The number of benzene rings is 3. The van der Waals surface area contributed by atoms with E-state index in [4.69, 9.17) is 4.74 Å². The first-order valence-electron chi connectivity index (χ1n) is 11.6. The largest absolute Gasteiger partial charge is 0.379 e. The molecule has 166 valence electrons. The second-order valence-electron chi connectivity index (χ2n) is 8.81. The highest BCUT2D eigenvalue weighted by Crippen LogP contribution is 2.31. The van der Waals surface area contributed by atoms with E-state index in [1.54, 1.807) is 0 Å². The zero-order valence-electron chi connectivity index (χ0n) is 18.7. The molecule has 0 spiro atoms. The Kier molecular flexibility index (Phi) is 6.10. The van der Waals surface area contributed by atoms with Gasteiger partial charge >= 0.3 is 0 Å². The summed E-state index contributed by atoms with van der Waals surface area (Å²) in [5, 5.41) is 5.32. The first kappa shape index (κ1) is 21.0. The SMILES string of the molecule is CN1CCCc2cc([C@H](CNC(=O)c3cccc4ccccc34)N3CCOCC3)ccc21. The van der Waals surface area contributed by atoms with Crippen molar-refractivity contribution in [2.45, 2.75) is 18.9 Å². The molecule has 3 aromatic rings. The van der Waals surface area contributed by atoms with Crippen molar-refractivity contribution in [2.24, 2.45) is 0 Å². The molecule has 1 atom stereocenters. The Morgan fingerprint density at radius 2 is 1.84 bits per heavy atom. The standard InChI is InChI=1S/C27H31N3O2/c1-29-13-5-8-21-18-22(11-12-25(21)29)26(30-14-16-32-17-15-30)19-28-27(31)24-10-4-7-20-6-2-3-9-23(20)24/h2-4,6-7,9-12,18,26H,5,8,13-17,19H2,1H3,(H,28,31)/t26-/m0/s1. The molecule has 1 N–H and O–H groups in total. The summed E-state index contributed by atoms with van der Waals surface area (Å²) in [4.78, 5) is 18.0. The van der Waals surface area contributed by atoms with Gasteiger partial charge in [0.1, 0.15) is 0 Å². The van der Waals surface area contributed by atoms with E-state index in [1.165, 1.54) is 23.2 Å². The van der Waals surface area contributed by atoms with Crippen molar-refractivity contribution in [3.8, 4) is 0 Å². The fourth-order valence-corrected chi connectivity index (χ4v) is 5.07. The number of hydrogen-bond donors (Lipinski definition) is 1. The minimum Gasteiger partial charge on any atom is -0.379 e. The third-order valence-corrected chi connectivity index (χ3v) is 6.82. The van der Waals surface area contributed by atoms with Crippen LogP contribution < -0.4 is 10.2 Å². The summed E-state index contributed by atoms with van der Waals surface area (Å²) in [5.74, 6) is -0.0160. The highest BCUT2D eigenvalue weighted by Gasteiger charge is 2.25. The zero-order chi connectivity index (χ0) is 21.9. The number of fused-ring (bicyclic) bond motifs is 2. The van der Waals surface area contributed by atoms with E-state index in [1.807, 2.05) is 42.5 Å². The van der Waals surface area contributed by atoms with Crippen molar-refractivity contribution >= 4 is 22.4 Å². The number of rotatable bonds is 5. The van der Waals surface area contributed by atoms with Crippen LogP contribution in [0.5, 0.6) is 0 Å². The average Bonchev–Trinajstić information content (AvgIpc) is 2.84. The lowest BCUT2D eigenvalue weighted by atomic mass is 9.95. The zero-order valence-corrected chi connectivity index (χ0v) is 18.7. The van der Waals surface area contributed by atoms with Crippen LogP contribution in [0.2, 0.25) is 0 Å². The molecule has 0 bridgehead atoms. The van der Waals surface area contributed by atoms with Crippen molar-refractivity contribution in [3.05, 3.63) is 77.4 Å².